The van der Waals surface area contributed by atoms with Gasteiger partial charge in [-0.3, -0.25) is 9.59 Å². The van der Waals surface area contributed by atoms with Crippen LogP contribution in [0.25, 0.3) is 0 Å². The highest BCUT2D eigenvalue weighted by Crippen LogP contribution is 2.42. The predicted octanol–water partition coefficient (Wildman–Crippen LogP) is 0.472. The summed E-state index contributed by atoms with van der Waals surface area (Å²) in [5.41, 5.74) is -1.20. The average molecular weight is 229 g/mol. The van der Waals surface area contributed by atoms with Crippen molar-refractivity contribution in [2.45, 2.75) is 32.6 Å². The fourth-order valence-corrected chi connectivity index (χ4v) is 2.06. The van der Waals surface area contributed by atoms with Crippen molar-refractivity contribution in [1.82, 2.24) is 4.90 Å². The lowest BCUT2D eigenvalue weighted by molar-refractivity contribution is -0.167. The molecular formula is C11H19NO4. The number of aliphatic carboxylic acids is 1. The first-order chi connectivity index (χ1) is 7.58. The van der Waals surface area contributed by atoms with Crippen LogP contribution in [0.1, 0.15) is 32.6 Å². The topological polar surface area (TPSA) is 77.8 Å². The number of aliphatic hydroxyl groups is 1. The molecule has 0 spiro atoms. The Balaban J connectivity index is 2.75. The molecule has 1 fully saturated rings. The summed E-state index contributed by atoms with van der Waals surface area (Å²) in [4.78, 5) is 24.7. The maximum atomic E-state index is 12.1. The number of rotatable bonds is 6. The molecule has 1 amide bonds. The van der Waals surface area contributed by atoms with Crippen LogP contribution in [0.5, 0.6) is 0 Å². The van der Waals surface area contributed by atoms with Crippen molar-refractivity contribution < 1.29 is 19.8 Å². The molecule has 0 aromatic heterocycles. The quantitative estimate of drug-likeness (QED) is 0.649. The second-order valence-electron chi connectivity index (χ2n) is 4.26. The summed E-state index contributed by atoms with van der Waals surface area (Å²) in [5, 5.41) is 18.0. The van der Waals surface area contributed by atoms with E-state index in [2.05, 4.69) is 0 Å². The molecule has 1 aliphatic carbocycles. The minimum Gasteiger partial charge on any atom is -0.480 e. The summed E-state index contributed by atoms with van der Waals surface area (Å²) >= 11 is 0. The highest BCUT2D eigenvalue weighted by Gasteiger charge is 2.52. The van der Waals surface area contributed by atoms with E-state index in [-0.39, 0.29) is 19.1 Å². The van der Waals surface area contributed by atoms with E-state index in [4.69, 9.17) is 10.2 Å². The van der Waals surface area contributed by atoms with Crippen LogP contribution in [-0.4, -0.2) is 46.7 Å². The molecule has 0 radical (unpaired) electrons. The van der Waals surface area contributed by atoms with Gasteiger partial charge in [0, 0.05) is 13.1 Å². The van der Waals surface area contributed by atoms with E-state index in [1.54, 1.807) is 0 Å². The lowest BCUT2D eigenvalue weighted by atomic mass is 9.67. The molecule has 1 rings (SSSR count). The molecular weight excluding hydrogens is 210 g/mol. The fourth-order valence-electron chi connectivity index (χ4n) is 2.06. The molecule has 1 aliphatic rings. The highest BCUT2D eigenvalue weighted by molar-refractivity contribution is 6.02. The number of hydrogen-bond acceptors (Lipinski definition) is 3. The van der Waals surface area contributed by atoms with Gasteiger partial charge in [0.25, 0.3) is 0 Å². The molecule has 92 valence electrons. The Kier molecular flexibility index (Phi) is 4.29. The monoisotopic (exact) mass is 229 g/mol. The van der Waals surface area contributed by atoms with E-state index >= 15 is 0 Å². The van der Waals surface area contributed by atoms with Gasteiger partial charge >= 0.3 is 5.97 Å². The first kappa shape index (κ1) is 13.0. The third-order valence-corrected chi connectivity index (χ3v) is 3.18. The third kappa shape index (κ3) is 2.19. The first-order valence-electron chi connectivity index (χ1n) is 5.72. The molecule has 0 saturated heterocycles. The number of carboxylic acid groups (broad SMARTS) is 1. The van der Waals surface area contributed by atoms with Crippen LogP contribution >= 0.6 is 0 Å². The number of carbonyl (C=O) groups excluding carboxylic acids is 1. The Morgan fingerprint density at radius 2 is 1.94 bits per heavy atom. The number of aliphatic hydroxyl groups excluding tert-OH is 1. The summed E-state index contributed by atoms with van der Waals surface area (Å²) < 4.78 is 0. The van der Waals surface area contributed by atoms with Gasteiger partial charge < -0.3 is 15.1 Å². The molecule has 0 aliphatic heterocycles. The van der Waals surface area contributed by atoms with Gasteiger partial charge in [-0.25, -0.2) is 0 Å². The number of hydrogen-bond donors (Lipinski definition) is 2. The molecule has 16 heavy (non-hydrogen) atoms. The Bertz CT molecular complexity index is 267. The Labute approximate surface area is 95.1 Å². The van der Waals surface area contributed by atoms with Crippen molar-refractivity contribution in [1.29, 1.82) is 0 Å². The zero-order valence-corrected chi connectivity index (χ0v) is 9.61. The number of carbonyl (C=O) groups is 2. The zero-order chi connectivity index (χ0) is 12.2. The third-order valence-electron chi connectivity index (χ3n) is 3.18. The fraction of sp³-hybridized carbons (Fsp3) is 0.818. The Morgan fingerprint density at radius 1 is 1.31 bits per heavy atom. The average Bonchev–Trinajstić information content (AvgIpc) is 2.14. The molecule has 0 atom stereocenters. The van der Waals surface area contributed by atoms with Crippen molar-refractivity contribution in [2.75, 3.05) is 19.7 Å². The number of amides is 1. The zero-order valence-electron chi connectivity index (χ0n) is 9.61. The van der Waals surface area contributed by atoms with Crippen LogP contribution in [0, 0.1) is 5.41 Å². The summed E-state index contributed by atoms with van der Waals surface area (Å²) in [5.74, 6) is -1.36. The molecule has 0 aromatic rings. The lowest BCUT2D eigenvalue weighted by Gasteiger charge is -2.39. The maximum absolute atomic E-state index is 12.1. The highest BCUT2D eigenvalue weighted by atomic mass is 16.4. The van der Waals surface area contributed by atoms with Crippen molar-refractivity contribution in [3.63, 3.8) is 0 Å². The van der Waals surface area contributed by atoms with Gasteiger partial charge in [0.05, 0.1) is 6.61 Å². The molecule has 5 nitrogen and oxygen atoms in total. The van der Waals surface area contributed by atoms with Crippen molar-refractivity contribution in [3.05, 3.63) is 0 Å². The first-order valence-corrected chi connectivity index (χ1v) is 5.72. The van der Waals surface area contributed by atoms with Crippen LogP contribution in [0.4, 0.5) is 0 Å². The molecule has 0 unspecified atom stereocenters. The SMILES string of the molecule is CCCN(CCO)C(=O)C1(C(=O)O)CCC1. The van der Waals surface area contributed by atoms with Crippen molar-refractivity contribution in [2.24, 2.45) is 5.41 Å². The van der Waals surface area contributed by atoms with Gasteiger partial charge in [0.1, 0.15) is 5.41 Å². The number of nitrogens with zero attached hydrogens (tertiary/aromatic N) is 1. The van der Waals surface area contributed by atoms with E-state index in [1.807, 2.05) is 6.92 Å². The Morgan fingerprint density at radius 3 is 2.25 bits per heavy atom. The maximum Gasteiger partial charge on any atom is 0.319 e. The van der Waals surface area contributed by atoms with Crippen LogP contribution in [0.15, 0.2) is 0 Å². The van der Waals surface area contributed by atoms with Gasteiger partial charge in [-0.2, -0.15) is 0 Å². The molecule has 1 saturated carbocycles. The summed E-state index contributed by atoms with van der Waals surface area (Å²) in [6, 6.07) is 0. The van der Waals surface area contributed by atoms with E-state index in [9.17, 15) is 9.59 Å². The van der Waals surface area contributed by atoms with Crippen LogP contribution in [0.3, 0.4) is 0 Å². The minimum atomic E-state index is -1.20. The molecule has 2 N–H and O–H groups in total. The predicted molar refractivity (Wildman–Crippen MR) is 57.9 cm³/mol. The second kappa shape index (κ2) is 5.30. The van der Waals surface area contributed by atoms with Gasteiger partial charge in [0.2, 0.25) is 5.91 Å². The largest absolute Gasteiger partial charge is 0.480 e. The van der Waals surface area contributed by atoms with Gasteiger partial charge in [0.15, 0.2) is 0 Å². The smallest absolute Gasteiger partial charge is 0.319 e. The van der Waals surface area contributed by atoms with E-state index < -0.39 is 11.4 Å². The molecule has 0 aromatic carbocycles. The van der Waals surface area contributed by atoms with Gasteiger partial charge in [-0.15, -0.1) is 0 Å². The van der Waals surface area contributed by atoms with Crippen molar-refractivity contribution in [3.8, 4) is 0 Å². The standard InChI is InChI=1S/C11H19NO4/c1-2-6-12(7-8-13)9(14)11(10(15)16)4-3-5-11/h13H,2-8H2,1H3,(H,15,16). The summed E-state index contributed by atoms with van der Waals surface area (Å²) in [7, 11) is 0. The summed E-state index contributed by atoms with van der Waals surface area (Å²) in [6.45, 7) is 2.53. The second-order valence-corrected chi connectivity index (χ2v) is 4.26. The summed E-state index contributed by atoms with van der Waals surface area (Å²) in [6.07, 6.45) is 2.40. The van der Waals surface area contributed by atoms with Gasteiger partial charge in [-0.05, 0) is 19.3 Å². The van der Waals surface area contributed by atoms with Gasteiger partial charge in [-0.1, -0.05) is 13.3 Å². The van der Waals surface area contributed by atoms with Crippen LogP contribution in [0.2, 0.25) is 0 Å². The van der Waals surface area contributed by atoms with E-state index in [0.29, 0.717) is 19.4 Å². The molecule has 0 heterocycles. The van der Waals surface area contributed by atoms with Crippen LogP contribution < -0.4 is 0 Å². The molecule has 0 bridgehead atoms. The Hall–Kier alpha value is -1.10. The lowest BCUT2D eigenvalue weighted by Crippen LogP contribution is -2.53. The van der Waals surface area contributed by atoms with E-state index in [0.717, 1.165) is 12.8 Å². The number of carboxylic acids is 1. The van der Waals surface area contributed by atoms with Crippen LogP contribution in [-0.2, 0) is 9.59 Å². The van der Waals surface area contributed by atoms with Crippen molar-refractivity contribution >= 4 is 11.9 Å². The minimum absolute atomic E-state index is 0.124. The van der Waals surface area contributed by atoms with E-state index in [1.165, 1.54) is 4.90 Å². The normalized spacial score (nSPS) is 17.6. The molecule has 5 heteroatoms.